The van der Waals surface area contributed by atoms with Crippen LogP contribution in [0.25, 0.3) is 11.0 Å². The summed E-state index contributed by atoms with van der Waals surface area (Å²) in [5.41, 5.74) is 4.99. The van der Waals surface area contributed by atoms with Crippen LogP contribution in [-0.4, -0.2) is 58.5 Å². The van der Waals surface area contributed by atoms with Crippen LogP contribution in [0.2, 0.25) is 0 Å². The van der Waals surface area contributed by atoms with Crippen molar-refractivity contribution in [1.82, 2.24) is 19.9 Å². The fraction of sp³-hybridized carbons (Fsp3) is 0.321. The minimum atomic E-state index is -2.72. The van der Waals surface area contributed by atoms with Gasteiger partial charge in [-0.15, -0.1) is 0 Å². The van der Waals surface area contributed by atoms with Crippen molar-refractivity contribution >= 4 is 58.3 Å². The topological polar surface area (TPSA) is 136 Å². The van der Waals surface area contributed by atoms with Crippen LogP contribution in [0.5, 0.6) is 5.75 Å². The standard InChI is InChI=1S/C28H33N8O3P/c1-16-12-21(22(38-5)13-20(16)34-27-36-28(3,4)15-39-27)33-26-31-14-17(2)25(35-26)32-19-9-8-18-23(30-11-10-29-18)24(19)40(6,7)37/h8-14H,15H2,1-7H3,(H,34,36)(H2,31,32,33,35). The monoisotopic (exact) mass is 560 g/mol. The third kappa shape index (κ3) is 5.70. The summed E-state index contributed by atoms with van der Waals surface area (Å²) in [6.45, 7) is 11.9. The predicted octanol–water partition coefficient (Wildman–Crippen LogP) is 5.36. The third-order valence-corrected chi connectivity index (χ3v) is 7.91. The summed E-state index contributed by atoms with van der Waals surface area (Å²) in [7, 11) is -1.12. The van der Waals surface area contributed by atoms with Crippen molar-refractivity contribution in [3.8, 4) is 5.75 Å². The molecule has 0 saturated carbocycles. The number of aliphatic imine (C=N–C) groups is 1. The van der Waals surface area contributed by atoms with Crippen LogP contribution in [0.4, 0.5) is 28.8 Å². The molecule has 0 spiro atoms. The Morgan fingerprint density at radius 3 is 2.42 bits per heavy atom. The summed E-state index contributed by atoms with van der Waals surface area (Å²) in [6, 6.07) is 8.02. The van der Waals surface area contributed by atoms with Gasteiger partial charge in [0.1, 0.15) is 30.8 Å². The molecule has 4 aromatic rings. The van der Waals surface area contributed by atoms with Gasteiger partial charge < -0.3 is 30.0 Å². The van der Waals surface area contributed by atoms with Gasteiger partial charge in [-0.3, -0.25) is 9.97 Å². The molecule has 1 aliphatic heterocycles. The van der Waals surface area contributed by atoms with Gasteiger partial charge in [-0.1, -0.05) is 0 Å². The smallest absolute Gasteiger partial charge is 0.289 e. The molecule has 0 fully saturated rings. The van der Waals surface area contributed by atoms with Gasteiger partial charge in [0.05, 0.1) is 34.8 Å². The van der Waals surface area contributed by atoms with E-state index in [1.807, 2.05) is 52.0 Å². The highest BCUT2D eigenvalue weighted by Crippen LogP contribution is 2.41. The number of nitrogens with zero attached hydrogens (tertiary/aromatic N) is 5. The van der Waals surface area contributed by atoms with Gasteiger partial charge in [-0.05, 0) is 64.8 Å². The van der Waals surface area contributed by atoms with E-state index < -0.39 is 7.14 Å². The average Bonchev–Trinajstić information content (AvgIpc) is 3.24. The number of amidine groups is 1. The molecule has 0 atom stereocenters. The highest BCUT2D eigenvalue weighted by molar-refractivity contribution is 7.71. The molecule has 2 aromatic carbocycles. The maximum absolute atomic E-state index is 13.3. The van der Waals surface area contributed by atoms with Gasteiger partial charge in [0, 0.05) is 35.9 Å². The van der Waals surface area contributed by atoms with E-state index in [0.717, 1.165) is 16.8 Å². The number of benzene rings is 2. The number of anilines is 5. The zero-order chi connectivity index (χ0) is 28.7. The van der Waals surface area contributed by atoms with E-state index in [0.29, 0.717) is 57.9 Å². The SMILES string of the molecule is COc1cc(NC2=NC(C)(C)CO2)c(C)cc1Nc1ncc(C)c(Nc2ccc3nccnc3c2P(C)(C)=O)n1. The molecule has 0 radical (unpaired) electrons. The number of rotatable bonds is 7. The van der Waals surface area contributed by atoms with Crippen LogP contribution in [0.1, 0.15) is 25.0 Å². The summed E-state index contributed by atoms with van der Waals surface area (Å²) in [6.07, 6.45) is 4.95. The molecule has 0 amide bonds. The van der Waals surface area contributed by atoms with Crippen LogP contribution in [-0.2, 0) is 9.30 Å². The molecule has 12 heteroatoms. The Morgan fingerprint density at radius 1 is 0.950 bits per heavy atom. The minimum absolute atomic E-state index is 0.261. The fourth-order valence-corrected chi connectivity index (χ4v) is 5.79. The Kier molecular flexibility index (Phi) is 7.10. The molecule has 11 nitrogen and oxygen atoms in total. The zero-order valence-corrected chi connectivity index (χ0v) is 24.6. The first kappa shape index (κ1) is 27.3. The highest BCUT2D eigenvalue weighted by Gasteiger charge is 2.27. The van der Waals surface area contributed by atoms with Gasteiger partial charge in [-0.2, -0.15) is 4.98 Å². The molecule has 1 aliphatic rings. The highest BCUT2D eigenvalue weighted by atomic mass is 31.2. The van der Waals surface area contributed by atoms with Crippen molar-refractivity contribution in [2.75, 3.05) is 43.0 Å². The Morgan fingerprint density at radius 2 is 1.73 bits per heavy atom. The molecule has 0 bridgehead atoms. The maximum atomic E-state index is 13.3. The van der Waals surface area contributed by atoms with E-state index in [2.05, 4.69) is 35.9 Å². The first-order valence-corrected chi connectivity index (χ1v) is 15.4. The second-order valence-corrected chi connectivity index (χ2v) is 13.9. The lowest BCUT2D eigenvalue weighted by Crippen LogP contribution is -2.17. The van der Waals surface area contributed by atoms with Crippen molar-refractivity contribution in [3.63, 3.8) is 0 Å². The Labute approximate surface area is 233 Å². The lowest BCUT2D eigenvalue weighted by molar-refractivity contribution is 0.278. The maximum Gasteiger partial charge on any atom is 0.289 e. The number of hydrogen-bond donors (Lipinski definition) is 3. The van der Waals surface area contributed by atoms with Crippen LogP contribution in [0.3, 0.4) is 0 Å². The van der Waals surface area contributed by atoms with Crippen molar-refractivity contribution in [2.45, 2.75) is 33.2 Å². The summed E-state index contributed by atoms with van der Waals surface area (Å²) in [5.74, 6) is 1.54. The largest absolute Gasteiger partial charge is 0.494 e. The van der Waals surface area contributed by atoms with E-state index in [9.17, 15) is 4.57 Å². The zero-order valence-electron chi connectivity index (χ0n) is 23.7. The number of fused-ring (bicyclic) bond motifs is 1. The number of hydrogen-bond acceptors (Lipinski definition) is 11. The van der Waals surface area contributed by atoms with Crippen molar-refractivity contribution < 1.29 is 14.0 Å². The summed E-state index contributed by atoms with van der Waals surface area (Å²) >= 11 is 0. The summed E-state index contributed by atoms with van der Waals surface area (Å²) in [4.78, 5) is 22.6. The molecule has 0 aliphatic carbocycles. The van der Waals surface area contributed by atoms with Gasteiger partial charge in [-0.25, -0.2) is 9.98 Å². The van der Waals surface area contributed by atoms with E-state index >= 15 is 0 Å². The Bertz CT molecular complexity index is 1680. The number of ether oxygens (including phenoxy) is 2. The van der Waals surface area contributed by atoms with Crippen LogP contribution >= 0.6 is 7.14 Å². The lowest BCUT2D eigenvalue weighted by Gasteiger charge is -2.18. The second-order valence-electron chi connectivity index (χ2n) is 10.7. The number of aromatic nitrogens is 4. The molecule has 3 N–H and O–H groups in total. The number of aryl methyl sites for hydroxylation is 2. The van der Waals surface area contributed by atoms with Crippen molar-refractivity contribution in [1.29, 1.82) is 0 Å². The predicted molar refractivity (Wildman–Crippen MR) is 161 cm³/mol. The van der Waals surface area contributed by atoms with E-state index in [1.165, 1.54) is 0 Å². The van der Waals surface area contributed by atoms with Gasteiger partial charge in [0.2, 0.25) is 5.95 Å². The van der Waals surface area contributed by atoms with E-state index in [1.54, 1.807) is 39.0 Å². The van der Waals surface area contributed by atoms with Gasteiger partial charge in [0.25, 0.3) is 6.02 Å². The van der Waals surface area contributed by atoms with Gasteiger partial charge >= 0.3 is 0 Å². The molecule has 3 heterocycles. The summed E-state index contributed by atoms with van der Waals surface area (Å²) in [5, 5.41) is 10.5. The molecule has 0 unspecified atom stereocenters. The molecule has 40 heavy (non-hydrogen) atoms. The van der Waals surface area contributed by atoms with Crippen LogP contribution in [0, 0.1) is 13.8 Å². The number of nitrogens with one attached hydrogen (secondary N) is 3. The quantitative estimate of drug-likeness (QED) is 0.254. The molecule has 5 rings (SSSR count). The van der Waals surface area contributed by atoms with Gasteiger partial charge in [0.15, 0.2) is 0 Å². The minimum Gasteiger partial charge on any atom is -0.494 e. The molecule has 2 aromatic heterocycles. The van der Waals surface area contributed by atoms with E-state index in [4.69, 9.17) is 14.5 Å². The van der Waals surface area contributed by atoms with Crippen molar-refractivity contribution in [2.24, 2.45) is 4.99 Å². The summed E-state index contributed by atoms with van der Waals surface area (Å²) < 4.78 is 24.7. The first-order valence-electron chi connectivity index (χ1n) is 12.8. The molecular weight excluding hydrogens is 527 g/mol. The molecule has 208 valence electrons. The molecular formula is C28H33N8O3P. The molecule has 0 saturated heterocycles. The Hall–Kier alpha value is -4.24. The third-order valence-electron chi connectivity index (χ3n) is 6.38. The van der Waals surface area contributed by atoms with E-state index in [-0.39, 0.29) is 5.54 Å². The second kappa shape index (κ2) is 10.4. The van der Waals surface area contributed by atoms with Crippen LogP contribution < -0.4 is 26.0 Å². The average molecular weight is 561 g/mol. The van der Waals surface area contributed by atoms with Crippen LogP contribution in [0.15, 0.2) is 47.8 Å². The first-order chi connectivity index (χ1) is 18.9. The normalized spacial score (nSPS) is 14.4. The number of methoxy groups -OCH3 is 1. The fourth-order valence-electron chi connectivity index (χ4n) is 4.40. The van der Waals surface area contributed by atoms with Crippen molar-refractivity contribution in [3.05, 3.63) is 54.0 Å². The lowest BCUT2D eigenvalue weighted by atomic mass is 10.1. The Balaban J connectivity index is 1.44.